The number of pyridine rings is 1. The molecule has 0 aliphatic heterocycles. The van der Waals surface area contributed by atoms with E-state index in [4.69, 9.17) is 5.26 Å². The van der Waals surface area contributed by atoms with Gasteiger partial charge in [0.1, 0.15) is 0 Å². The first-order chi connectivity index (χ1) is 9.52. The number of rotatable bonds is 3. The Balaban J connectivity index is 2.51. The van der Waals surface area contributed by atoms with Crippen molar-refractivity contribution >= 4 is 5.69 Å². The number of hydrogen-bond donors (Lipinski definition) is 0. The molecule has 100 valence electrons. The van der Waals surface area contributed by atoms with Crippen molar-refractivity contribution in [1.29, 1.82) is 5.26 Å². The Morgan fingerprint density at radius 2 is 2.10 bits per heavy atom. The van der Waals surface area contributed by atoms with E-state index >= 15 is 0 Å². The fourth-order valence-electron chi connectivity index (χ4n) is 1.93. The molecule has 6 nitrogen and oxygen atoms in total. The number of nitro groups is 1. The number of nitrogens with zero attached hydrogens (tertiary/aromatic N) is 3. The summed E-state index contributed by atoms with van der Waals surface area (Å²) in [7, 11) is 0. The molecule has 0 spiro atoms. The van der Waals surface area contributed by atoms with Gasteiger partial charge in [0, 0.05) is 11.6 Å². The van der Waals surface area contributed by atoms with Crippen LogP contribution in [0.5, 0.6) is 0 Å². The summed E-state index contributed by atoms with van der Waals surface area (Å²) in [6.07, 6.45) is 1.20. The topological polar surface area (TPSA) is 88.9 Å². The lowest BCUT2D eigenvalue weighted by atomic mass is 10.1. The summed E-state index contributed by atoms with van der Waals surface area (Å²) in [5.74, 6) is 0. The zero-order chi connectivity index (χ0) is 14.7. The highest BCUT2D eigenvalue weighted by atomic mass is 16.6. The predicted octanol–water partition coefficient (Wildman–Crippen LogP) is 1.98. The van der Waals surface area contributed by atoms with Crippen LogP contribution in [0.2, 0.25) is 0 Å². The van der Waals surface area contributed by atoms with E-state index in [2.05, 4.69) is 0 Å². The number of aromatic nitrogens is 1. The van der Waals surface area contributed by atoms with Crippen LogP contribution >= 0.6 is 0 Å². The van der Waals surface area contributed by atoms with E-state index in [0.717, 1.165) is 0 Å². The van der Waals surface area contributed by atoms with E-state index in [0.29, 0.717) is 16.7 Å². The second kappa shape index (κ2) is 5.36. The molecule has 0 N–H and O–H groups in total. The van der Waals surface area contributed by atoms with Crippen molar-refractivity contribution in [3.05, 3.63) is 73.7 Å². The van der Waals surface area contributed by atoms with E-state index in [1.54, 1.807) is 24.3 Å². The molecule has 0 unspecified atom stereocenters. The van der Waals surface area contributed by atoms with Gasteiger partial charge < -0.3 is 4.57 Å². The third-order valence-electron chi connectivity index (χ3n) is 2.94. The fourth-order valence-corrected chi connectivity index (χ4v) is 1.93. The van der Waals surface area contributed by atoms with Crippen molar-refractivity contribution in [3.63, 3.8) is 0 Å². The highest BCUT2D eigenvalue weighted by Gasteiger charge is 2.12. The molecule has 0 fully saturated rings. The average Bonchev–Trinajstić information content (AvgIpc) is 2.44. The number of benzene rings is 1. The molecule has 6 heteroatoms. The van der Waals surface area contributed by atoms with Gasteiger partial charge in [-0.1, -0.05) is 18.2 Å². The number of aryl methyl sites for hydroxylation is 1. The fraction of sp³-hybridized carbons (Fsp3) is 0.143. The maximum absolute atomic E-state index is 12.0. The quantitative estimate of drug-likeness (QED) is 0.629. The molecule has 0 amide bonds. The van der Waals surface area contributed by atoms with Crippen LogP contribution < -0.4 is 5.56 Å². The summed E-state index contributed by atoms with van der Waals surface area (Å²) < 4.78 is 1.25. The molecular weight excluding hydrogens is 258 g/mol. The Morgan fingerprint density at radius 1 is 1.40 bits per heavy atom. The molecule has 20 heavy (non-hydrogen) atoms. The van der Waals surface area contributed by atoms with Crippen molar-refractivity contribution in [3.8, 4) is 6.07 Å². The molecule has 0 saturated carbocycles. The largest absolute Gasteiger partial charge is 0.304 e. The van der Waals surface area contributed by atoms with Crippen molar-refractivity contribution in [1.82, 2.24) is 4.57 Å². The van der Waals surface area contributed by atoms with E-state index in [1.807, 2.05) is 6.07 Å². The first kappa shape index (κ1) is 13.5. The van der Waals surface area contributed by atoms with Gasteiger partial charge in [0.15, 0.2) is 0 Å². The highest BCUT2D eigenvalue weighted by molar-refractivity contribution is 5.38. The summed E-state index contributed by atoms with van der Waals surface area (Å²) in [4.78, 5) is 22.3. The van der Waals surface area contributed by atoms with Crippen molar-refractivity contribution in [2.75, 3.05) is 0 Å². The normalized spacial score (nSPS) is 10.0. The molecule has 0 radical (unpaired) electrons. The van der Waals surface area contributed by atoms with E-state index in [1.165, 1.54) is 23.8 Å². The molecule has 2 aromatic rings. The van der Waals surface area contributed by atoms with Gasteiger partial charge in [0.25, 0.3) is 11.2 Å². The van der Waals surface area contributed by atoms with Gasteiger partial charge in [-0.15, -0.1) is 0 Å². The minimum atomic E-state index is -0.543. The van der Waals surface area contributed by atoms with Crippen molar-refractivity contribution in [2.24, 2.45) is 0 Å². The Hall–Kier alpha value is -2.94. The minimum absolute atomic E-state index is 0.130. The molecule has 1 aromatic carbocycles. The molecule has 0 atom stereocenters. The van der Waals surface area contributed by atoms with Gasteiger partial charge in [0.05, 0.1) is 29.3 Å². The monoisotopic (exact) mass is 269 g/mol. The van der Waals surface area contributed by atoms with Gasteiger partial charge in [-0.05, 0) is 18.6 Å². The summed E-state index contributed by atoms with van der Waals surface area (Å²) in [5, 5.41) is 19.8. The highest BCUT2D eigenvalue weighted by Crippen LogP contribution is 2.13. The molecule has 0 aliphatic rings. The standard InChI is InChI=1S/C14H11N3O3/c1-10-6-13(17(19)20)9-16(14(10)18)8-12-5-3-2-4-11(12)7-15/h2-6,9H,8H2,1H3. The first-order valence-electron chi connectivity index (χ1n) is 5.86. The van der Waals surface area contributed by atoms with Crippen LogP contribution in [-0.4, -0.2) is 9.49 Å². The first-order valence-corrected chi connectivity index (χ1v) is 5.86. The molecule has 0 bridgehead atoms. The lowest BCUT2D eigenvalue weighted by Gasteiger charge is -2.08. The third kappa shape index (κ3) is 2.57. The molecule has 0 aliphatic carbocycles. The van der Waals surface area contributed by atoms with E-state index in [-0.39, 0.29) is 17.8 Å². The van der Waals surface area contributed by atoms with Gasteiger partial charge in [-0.2, -0.15) is 5.26 Å². The molecule has 0 saturated heterocycles. The summed E-state index contributed by atoms with van der Waals surface area (Å²) in [5.41, 5.74) is 0.953. The van der Waals surface area contributed by atoms with E-state index < -0.39 is 4.92 Å². The Bertz CT molecular complexity index is 772. The van der Waals surface area contributed by atoms with Crippen LogP contribution in [0.25, 0.3) is 0 Å². The molecular formula is C14H11N3O3. The Kier molecular flexibility index (Phi) is 3.62. The van der Waals surface area contributed by atoms with Crippen molar-refractivity contribution in [2.45, 2.75) is 13.5 Å². The van der Waals surface area contributed by atoms with Crippen LogP contribution in [0.3, 0.4) is 0 Å². The SMILES string of the molecule is Cc1cc([N+](=O)[O-])cn(Cc2ccccc2C#N)c1=O. The van der Waals surface area contributed by atoms with Crippen LogP contribution in [0.15, 0.2) is 41.3 Å². The van der Waals surface area contributed by atoms with Crippen LogP contribution in [0, 0.1) is 28.4 Å². The second-order valence-electron chi connectivity index (χ2n) is 4.34. The lowest BCUT2D eigenvalue weighted by molar-refractivity contribution is -0.385. The number of hydrogen-bond acceptors (Lipinski definition) is 4. The van der Waals surface area contributed by atoms with Gasteiger partial charge in [0.2, 0.25) is 0 Å². The number of nitriles is 1. The van der Waals surface area contributed by atoms with E-state index in [9.17, 15) is 14.9 Å². The summed E-state index contributed by atoms with van der Waals surface area (Å²) in [6, 6.07) is 10.1. The zero-order valence-corrected chi connectivity index (χ0v) is 10.7. The zero-order valence-electron chi connectivity index (χ0n) is 10.7. The van der Waals surface area contributed by atoms with Crippen LogP contribution in [0.4, 0.5) is 5.69 Å². The average molecular weight is 269 g/mol. The van der Waals surface area contributed by atoms with Crippen LogP contribution in [0.1, 0.15) is 16.7 Å². The Morgan fingerprint density at radius 3 is 2.75 bits per heavy atom. The summed E-state index contributed by atoms with van der Waals surface area (Å²) in [6.45, 7) is 1.66. The smallest absolute Gasteiger partial charge is 0.286 e. The third-order valence-corrected chi connectivity index (χ3v) is 2.94. The molecule has 2 rings (SSSR count). The maximum atomic E-state index is 12.0. The van der Waals surface area contributed by atoms with Crippen molar-refractivity contribution < 1.29 is 4.92 Å². The molecule has 1 heterocycles. The summed E-state index contributed by atoms with van der Waals surface area (Å²) >= 11 is 0. The lowest BCUT2D eigenvalue weighted by Crippen LogP contribution is -2.23. The Labute approximate surface area is 114 Å². The molecule has 1 aromatic heterocycles. The maximum Gasteiger partial charge on any atom is 0.286 e. The van der Waals surface area contributed by atoms with Gasteiger partial charge >= 0.3 is 0 Å². The van der Waals surface area contributed by atoms with Crippen LogP contribution in [-0.2, 0) is 6.54 Å². The second-order valence-corrected chi connectivity index (χ2v) is 4.34. The van der Waals surface area contributed by atoms with Gasteiger partial charge in [-0.3, -0.25) is 14.9 Å². The predicted molar refractivity (Wildman–Crippen MR) is 72.4 cm³/mol. The minimum Gasteiger partial charge on any atom is -0.304 e. The van der Waals surface area contributed by atoms with Gasteiger partial charge in [-0.25, -0.2) is 0 Å².